The maximum atomic E-state index is 5.85. The van der Waals surface area contributed by atoms with Crippen LogP contribution in [0.2, 0.25) is 0 Å². The standard InChI is InChI=1S/C15H28N2O2/c1-12(2)16-10-14-6-7-15(19-14)11-17(13(3)4)8-9-18-5/h6-7,12-13,16H,8-11H2,1-5H3. The van der Waals surface area contributed by atoms with Gasteiger partial charge in [-0.1, -0.05) is 13.8 Å². The van der Waals surface area contributed by atoms with E-state index in [-0.39, 0.29) is 0 Å². The Morgan fingerprint density at radius 2 is 1.89 bits per heavy atom. The molecular formula is C15H28N2O2. The largest absolute Gasteiger partial charge is 0.463 e. The SMILES string of the molecule is COCCN(Cc1ccc(CNC(C)C)o1)C(C)C. The van der Waals surface area contributed by atoms with Gasteiger partial charge in [0.05, 0.1) is 19.7 Å². The highest BCUT2D eigenvalue weighted by Crippen LogP contribution is 2.12. The lowest BCUT2D eigenvalue weighted by Gasteiger charge is -2.24. The molecule has 0 aliphatic heterocycles. The predicted octanol–water partition coefficient (Wildman–Crippen LogP) is 2.63. The second-order valence-electron chi connectivity index (χ2n) is 5.46. The van der Waals surface area contributed by atoms with Gasteiger partial charge < -0.3 is 14.5 Å². The van der Waals surface area contributed by atoms with E-state index in [0.29, 0.717) is 12.1 Å². The lowest BCUT2D eigenvalue weighted by Crippen LogP contribution is -2.33. The molecule has 1 N–H and O–H groups in total. The highest BCUT2D eigenvalue weighted by Gasteiger charge is 2.12. The summed E-state index contributed by atoms with van der Waals surface area (Å²) in [6.07, 6.45) is 0. The summed E-state index contributed by atoms with van der Waals surface area (Å²) < 4.78 is 11.0. The van der Waals surface area contributed by atoms with E-state index in [2.05, 4.69) is 50.0 Å². The minimum atomic E-state index is 0.474. The second kappa shape index (κ2) is 8.35. The van der Waals surface area contributed by atoms with Crippen LogP contribution < -0.4 is 5.32 Å². The summed E-state index contributed by atoms with van der Waals surface area (Å²) in [4.78, 5) is 2.35. The van der Waals surface area contributed by atoms with Gasteiger partial charge in [0.15, 0.2) is 0 Å². The Bertz CT molecular complexity index is 348. The number of furan rings is 1. The van der Waals surface area contributed by atoms with Gasteiger partial charge in [0.25, 0.3) is 0 Å². The molecule has 0 aliphatic rings. The Hall–Kier alpha value is -0.840. The van der Waals surface area contributed by atoms with E-state index < -0.39 is 0 Å². The van der Waals surface area contributed by atoms with Crippen molar-refractivity contribution in [1.29, 1.82) is 0 Å². The van der Waals surface area contributed by atoms with Crippen molar-refractivity contribution < 1.29 is 9.15 Å². The van der Waals surface area contributed by atoms with Crippen molar-refractivity contribution in [2.45, 2.75) is 52.9 Å². The molecule has 0 saturated heterocycles. The van der Waals surface area contributed by atoms with Gasteiger partial charge in [0.2, 0.25) is 0 Å². The van der Waals surface area contributed by atoms with Crippen molar-refractivity contribution >= 4 is 0 Å². The molecule has 1 heterocycles. The lowest BCUT2D eigenvalue weighted by molar-refractivity contribution is 0.119. The van der Waals surface area contributed by atoms with E-state index in [1.54, 1.807) is 7.11 Å². The summed E-state index contributed by atoms with van der Waals surface area (Å²) in [5, 5.41) is 3.36. The summed E-state index contributed by atoms with van der Waals surface area (Å²) in [5.74, 6) is 2.02. The van der Waals surface area contributed by atoms with Crippen LogP contribution in [0.4, 0.5) is 0 Å². The van der Waals surface area contributed by atoms with Crippen LogP contribution in [0.25, 0.3) is 0 Å². The van der Waals surface area contributed by atoms with E-state index in [1.165, 1.54) is 0 Å². The van der Waals surface area contributed by atoms with Gasteiger partial charge in [0.1, 0.15) is 11.5 Å². The lowest BCUT2D eigenvalue weighted by atomic mass is 10.3. The number of methoxy groups -OCH3 is 1. The number of hydrogen-bond donors (Lipinski definition) is 1. The van der Waals surface area contributed by atoms with Crippen molar-refractivity contribution in [3.63, 3.8) is 0 Å². The Morgan fingerprint density at radius 3 is 2.47 bits per heavy atom. The van der Waals surface area contributed by atoms with Gasteiger partial charge in [-0.2, -0.15) is 0 Å². The first-order valence-corrected chi connectivity index (χ1v) is 7.07. The van der Waals surface area contributed by atoms with Crippen molar-refractivity contribution in [3.8, 4) is 0 Å². The molecular weight excluding hydrogens is 240 g/mol. The molecule has 19 heavy (non-hydrogen) atoms. The average molecular weight is 268 g/mol. The second-order valence-corrected chi connectivity index (χ2v) is 5.46. The first-order chi connectivity index (χ1) is 9.02. The van der Waals surface area contributed by atoms with Crippen LogP contribution in [0.3, 0.4) is 0 Å². The molecule has 0 atom stereocenters. The third-order valence-corrected chi connectivity index (χ3v) is 3.07. The van der Waals surface area contributed by atoms with Crippen LogP contribution in [0, 0.1) is 0 Å². The fourth-order valence-electron chi connectivity index (χ4n) is 1.84. The molecule has 0 bridgehead atoms. The van der Waals surface area contributed by atoms with Gasteiger partial charge in [-0.25, -0.2) is 0 Å². The highest BCUT2D eigenvalue weighted by atomic mass is 16.5. The predicted molar refractivity (Wildman–Crippen MR) is 78.1 cm³/mol. The maximum absolute atomic E-state index is 5.85. The Kier molecular flexibility index (Phi) is 7.13. The van der Waals surface area contributed by atoms with Crippen LogP contribution in [0.15, 0.2) is 16.5 Å². The van der Waals surface area contributed by atoms with Gasteiger partial charge in [-0.15, -0.1) is 0 Å². The quantitative estimate of drug-likeness (QED) is 0.747. The normalized spacial score (nSPS) is 12.0. The molecule has 0 spiro atoms. The molecule has 4 nitrogen and oxygen atoms in total. The molecule has 1 aromatic rings. The number of ether oxygens (including phenoxy) is 1. The molecule has 0 aliphatic carbocycles. The Morgan fingerprint density at radius 1 is 1.21 bits per heavy atom. The molecule has 1 rings (SSSR count). The summed E-state index contributed by atoms with van der Waals surface area (Å²) in [5.41, 5.74) is 0. The van der Waals surface area contributed by atoms with E-state index >= 15 is 0 Å². The van der Waals surface area contributed by atoms with Gasteiger partial charge in [-0.3, -0.25) is 4.90 Å². The molecule has 0 saturated carbocycles. The van der Waals surface area contributed by atoms with Crippen molar-refractivity contribution in [3.05, 3.63) is 23.7 Å². The zero-order valence-electron chi connectivity index (χ0n) is 12.9. The zero-order chi connectivity index (χ0) is 14.3. The minimum absolute atomic E-state index is 0.474. The number of hydrogen-bond acceptors (Lipinski definition) is 4. The van der Waals surface area contributed by atoms with Gasteiger partial charge in [-0.05, 0) is 26.0 Å². The number of nitrogens with one attached hydrogen (secondary N) is 1. The Balaban J connectivity index is 2.50. The van der Waals surface area contributed by atoms with Crippen molar-refractivity contribution in [2.75, 3.05) is 20.3 Å². The molecule has 4 heteroatoms. The number of rotatable bonds is 9. The zero-order valence-corrected chi connectivity index (χ0v) is 12.9. The van der Waals surface area contributed by atoms with Crippen LogP contribution in [-0.2, 0) is 17.8 Å². The topological polar surface area (TPSA) is 37.6 Å². The first-order valence-electron chi connectivity index (χ1n) is 7.07. The summed E-state index contributed by atoms with van der Waals surface area (Å²) in [6.45, 7) is 12.0. The summed E-state index contributed by atoms with van der Waals surface area (Å²) in [7, 11) is 1.74. The van der Waals surface area contributed by atoms with Gasteiger partial charge >= 0.3 is 0 Å². The summed E-state index contributed by atoms with van der Waals surface area (Å²) >= 11 is 0. The van der Waals surface area contributed by atoms with E-state index in [9.17, 15) is 0 Å². The van der Waals surface area contributed by atoms with Crippen LogP contribution >= 0.6 is 0 Å². The fraction of sp³-hybridized carbons (Fsp3) is 0.733. The highest BCUT2D eigenvalue weighted by molar-refractivity contribution is 5.07. The molecule has 110 valence electrons. The average Bonchev–Trinajstić information content (AvgIpc) is 2.79. The first kappa shape index (κ1) is 16.2. The molecule has 0 unspecified atom stereocenters. The van der Waals surface area contributed by atoms with Crippen LogP contribution in [0.1, 0.15) is 39.2 Å². The minimum Gasteiger partial charge on any atom is -0.463 e. The smallest absolute Gasteiger partial charge is 0.118 e. The number of nitrogens with zero attached hydrogens (tertiary/aromatic N) is 1. The molecule has 0 radical (unpaired) electrons. The molecule has 0 amide bonds. The molecule has 0 aromatic carbocycles. The van der Waals surface area contributed by atoms with E-state index in [0.717, 1.165) is 37.8 Å². The maximum Gasteiger partial charge on any atom is 0.118 e. The third-order valence-electron chi connectivity index (χ3n) is 3.07. The Labute approximate surface area is 117 Å². The molecule has 1 aromatic heterocycles. The third kappa shape index (κ3) is 6.23. The summed E-state index contributed by atoms with van der Waals surface area (Å²) in [6, 6.07) is 5.08. The van der Waals surface area contributed by atoms with Crippen molar-refractivity contribution in [2.24, 2.45) is 0 Å². The molecule has 0 fully saturated rings. The van der Waals surface area contributed by atoms with Crippen molar-refractivity contribution in [1.82, 2.24) is 10.2 Å². The van der Waals surface area contributed by atoms with Crippen LogP contribution in [-0.4, -0.2) is 37.2 Å². The monoisotopic (exact) mass is 268 g/mol. The van der Waals surface area contributed by atoms with E-state index in [4.69, 9.17) is 9.15 Å². The fourth-order valence-corrected chi connectivity index (χ4v) is 1.84. The van der Waals surface area contributed by atoms with Gasteiger partial charge in [0, 0.05) is 25.7 Å². The van der Waals surface area contributed by atoms with E-state index in [1.807, 2.05) is 0 Å². The van der Waals surface area contributed by atoms with Crippen LogP contribution in [0.5, 0.6) is 0 Å².